The third kappa shape index (κ3) is 50.6. The van der Waals surface area contributed by atoms with Gasteiger partial charge in [0, 0.05) is 19.3 Å². The number of rotatable bonds is 51. The van der Waals surface area contributed by atoms with Gasteiger partial charge in [0.15, 0.2) is 6.10 Å². The average Bonchev–Trinajstić information content (AvgIpc) is 3.29. The van der Waals surface area contributed by atoms with E-state index in [0.29, 0.717) is 19.3 Å². The summed E-state index contributed by atoms with van der Waals surface area (Å²) in [6.45, 7) is 6.57. The Morgan fingerprint density at radius 3 is 0.859 bits per heavy atom. The van der Waals surface area contributed by atoms with Crippen molar-refractivity contribution in [3.8, 4) is 0 Å². The first kappa shape index (κ1) is 61.6. The summed E-state index contributed by atoms with van der Waals surface area (Å²) in [5.74, 6) is -0.887. The molecule has 0 aliphatic carbocycles. The van der Waals surface area contributed by atoms with Crippen LogP contribution in [0.5, 0.6) is 0 Å². The Morgan fingerprint density at radius 1 is 0.297 bits per heavy atom. The van der Waals surface area contributed by atoms with Crippen LogP contribution in [0, 0.1) is 0 Å². The van der Waals surface area contributed by atoms with Crippen molar-refractivity contribution < 1.29 is 28.6 Å². The van der Waals surface area contributed by atoms with Gasteiger partial charge in [0.25, 0.3) is 0 Å². The van der Waals surface area contributed by atoms with Gasteiger partial charge in [0.05, 0.1) is 0 Å². The number of hydrogen-bond donors (Lipinski definition) is 0. The molecule has 0 aliphatic heterocycles. The van der Waals surface area contributed by atoms with Crippen LogP contribution in [0.1, 0.15) is 297 Å². The van der Waals surface area contributed by atoms with Crippen molar-refractivity contribution in [2.24, 2.45) is 0 Å². The van der Waals surface area contributed by atoms with Gasteiger partial charge in [-0.3, -0.25) is 14.4 Å². The summed E-state index contributed by atoms with van der Waals surface area (Å²) in [6, 6.07) is 0. The standard InChI is InChI=1S/C58H106O6/c1-4-7-10-13-16-19-22-24-25-26-27-28-29-30-31-32-33-35-36-39-42-45-48-51-57(60)63-54-55(53-62-56(59)50-47-44-41-38-21-18-15-12-9-6-3)64-58(61)52-49-46-43-40-37-34-23-20-17-14-11-8-5-2/h12,15,20,23,26-27,55H,4-11,13-14,16-19,21-22,24-25,28-54H2,1-3H3/b15-12-,23-20-,27-26-. The monoisotopic (exact) mass is 899 g/mol. The third-order valence-electron chi connectivity index (χ3n) is 12.3. The lowest BCUT2D eigenvalue weighted by Gasteiger charge is -2.18. The zero-order chi connectivity index (χ0) is 46.5. The van der Waals surface area contributed by atoms with Crippen LogP contribution in [0.3, 0.4) is 0 Å². The summed E-state index contributed by atoms with van der Waals surface area (Å²) in [6.07, 6.45) is 62.9. The van der Waals surface area contributed by atoms with Crippen molar-refractivity contribution in [2.75, 3.05) is 13.2 Å². The number of hydrogen-bond acceptors (Lipinski definition) is 6. The van der Waals surface area contributed by atoms with E-state index in [1.54, 1.807) is 0 Å². The predicted octanol–water partition coefficient (Wildman–Crippen LogP) is 18.5. The summed E-state index contributed by atoms with van der Waals surface area (Å²) in [4.78, 5) is 38.0. The normalized spacial score (nSPS) is 12.2. The van der Waals surface area contributed by atoms with E-state index in [9.17, 15) is 14.4 Å². The first-order valence-electron chi connectivity index (χ1n) is 28.0. The zero-order valence-corrected chi connectivity index (χ0v) is 42.8. The summed E-state index contributed by atoms with van der Waals surface area (Å²) in [5.41, 5.74) is 0. The lowest BCUT2D eigenvalue weighted by Crippen LogP contribution is -2.30. The molecule has 0 aliphatic rings. The fourth-order valence-corrected chi connectivity index (χ4v) is 8.08. The van der Waals surface area contributed by atoms with Crippen LogP contribution in [-0.2, 0) is 28.6 Å². The van der Waals surface area contributed by atoms with Crippen LogP contribution in [0.15, 0.2) is 36.5 Å². The van der Waals surface area contributed by atoms with Crippen molar-refractivity contribution in [2.45, 2.75) is 303 Å². The second kappa shape index (κ2) is 53.2. The molecule has 0 heterocycles. The van der Waals surface area contributed by atoms with Gasteiger partial charge in [-0.15, -0.1) is 0 Å². The molecule has 0 fully saturated rings. The Balaban J connectivity index is 4.21. The SMILES string of the molecule is CCC/C=C\CCCCCCCC(=O)OCC(COC(=O)CCCCCCCCCCCCC/C=C\CCCCCCCCCC)OC(=O)CCCCCCC/C=C\CCCCCC. The van der Waals surface area contributed by atoms with Crippen LogP contribution >= 0.6 is 0 Å². The Morgan fingerprint density at radius 2 is 0.547 bits per heavy atom. The molecule has 6 nitrogen and oxygen atoms in total. The van der Waals surface area contributed by atoms with E-state index in [1.807, 2.05) is 0 Å². The molecule has 0 saturated heterocycles. The maximum absolute atomic E-state index is 12.8. The van der Waals surface area contributed by atoms with Gasteiger partial charge in [-0.1, -0.05) is 224 Å². The molecule has 64 heavy (non-hydrogen) atoms. The first-order chi connectivity index (χ1) is 31.5. The quantitative estimate of drug-likeness (QED) is 0.0262. The van der Waals surface area contributed by atoms with Gasteiger partial charge < -0.3 is 14.2 Å². The fourth-order valence-electron chi connectivity index (χ4n) is 8.08. The predicted molar refractivity (Wildman–Crippen MR) is 275 cm³/mol. The van der Waals surface area contributed by atoms with Crippen molar-refractivity contribution in [1.29, 1.82) is 0 Å². The molecule has 0 rings (SSSR count). The fraction of sp³-hybridized carbons (Fsp3) is 0.845. The van der Waals surface area contributed by atoms with E-state index >= 15 is 0 Å². The molecule has 0 aromatic carbocycles. The van der Waals surface area contributed by atoms with Crippen LogP contribution in [0.25, 0.3) is 0 Å². The molecule has 0 radical (unpaired) electrons. The van der Waals surface area contributed by atoms with E-state index in [2.05, 4.69) is 57.2 Å². The number of allylic oxidation sites excluding steroid dienone is 6. The first-order valence-corrected chi connectivity index (χ1v) is 28.0. The molecular formula is C58H106O6. The van der Waals surface area contributed by atoms with Gasteiger partial charge in [-0.25, -0.2) is 0 Å². The second-order valence-electron chi connectivity index (χ2n) is 18.8. The lowest BCUT2D eigenvalue weighted by molar-refractivity contribution is -0.167. The number of carbonyl (C=O) groups excluding carboxylic acids is 3. The highest BCUT2D eigenvalue weighted by Gasteiger charge is 2.19. The summed E-state index contributed by atoms with van der Waals surface area (Å²) in [7, 11) is 0. The van der Waals surface area contributed by atoms with Gasteiger partial charge in [-0.2, -0.15) is 0 Å². The van der Waals surface area contributed by atoms with Crippen molar-refractivity contribution in [1.82, 2.24) is 0 Å². The average molecular weight is 899 g/mol. The second-order valence-corrected chi connectivity index (χ2v) is 18.8. The molecule has 1 atom stereocenters. The van der Waals surface area contributed by atoms with Gasteiger partial charge in [0.1, 0.15) is 13.2 Å². The zero-order valence-electron chi connectivity index (χ0n) is 42.8. The molecule has 6 heteroatoms. The summed E-state index contributed by atoms with van der Waals surface area (Å²) in [5, 5.41) is 0. The van der Waals surface area contributed by atoms with Crippen molar-refractivity contribution >= 4 is 17.9 Å². The number of esters is 3. The smallest absolute Gasteiger partial charge is 0.306 e. The lowest BCUT2D eigenvalue weighted by atomic mass is 10.0. The molecule has 1 unspecified atom stereocenters. The third-order valence-corrected chi connectivity index (χ3v) is 12.3. The minimum Gasteiger partial charge on any atom is -0.462 e. The minimum atomic E-state index is -0.777. The molecule has 0 saturated carbocycles. The molecule has 0 N–H and O–H groups in total. The highest BCUT2D eigenvalue weighted by atomic mass is 16.6. The van der Waals surface area contributed by atoms with Crippen molar-refractivity contribution in [3.05, 3.63) is 36.5 Å². The Bertz CT molecular complexity index is 1080. The summed E-state index contributed by atoms with van der Waals surface area (Å²) < 4.78 is 16.8. The number of carbonyl (C=O) groups is 3. The topological polar surface area (TPSA) is 78.9 Å². The largest absolute Gasteiger partial charge is 0.462 e. The molecule has 0 spiro atoms. The van der Waals surface area contributed by atoms with E-state index in [-0.39, 0.29) is 31.1 Å². The van der Waals surface area contributed by atoms with Crippen LogP contribution in [0.2, 0.25) is 0 Å². The molecule has 374 valence electrons. The molecule has 0 amide bonds. The Kier molecular flexibility index (Phi) is 51.3. The van der Waals surface area contributed by atoms with Gasteiger partial charge in [0.2, 0.25) is 0 Å². The maximum Gasteiger partial charge on any atom is 0.306 e. The summed E-state index contributed by atoms with van der Waals surface area (Å²) >= 11 is 0. The van der Waals surface area contributed by atoms with E-state index < -0.39 is 6.10 Å². The van der Waals surface area contributed by atoms with E-state index in [0.717, 1.165) is 83.5 Å². The van der Waals surface area contributed by atoms with Crippen LogP contribution in [0.4, 0.5) is 0 Å². The maximum atomic E-state index is 12.8. The molecule has 0 aromatic rings. The Hall–Kier alpha value is -2.37. The van der Waals surface area contributed by atoms with Gasteiger partial charge in [-0.05, 0) is 89.9 Å². The van der Waals surface area contributed by atoms with E-state index in [1.165, 1.54) is 173 Å². The van der Waals surface area contributed by atoms with Crippen molar-refractivity contribution in [3.63, 3.8) is 0 Å². The Labute approximate surface area is 397 Å². The number of ether oxygens (including phenoxy) is 3. The van der Waals surface area contributed by atoms with E-state index in [4.69, 9.17) is 14.2 Å². The molecular weight excluding hydrogens is 793 g/mol. The highest BCUT2D eigenvalue weighted by Crippen LogP contribution is 2.16. The minimum absolute atomic E-state index is 0.0767. The molecule has 0 aromatic heterocycles. The molecule has 0 bridgehead atoms. The highest BCUT2D eigenvalue weighted by molar-refractivity contribution is 5.71. The van der Waals surface area contributed by atoms with Gasteiger partial charge >= 0.3 is 17.9 Å². The number of unbranched alkanes of at least 4 members (excludes halogenated alkanes) is 34. The van der Waals surface area contributed by atoms with Crippen LogP contribution in [-0.4, -0.2) is 37.2 Å². The van der Waals surface area contributed by atoms with Crippen LogP contribution < -0.4 is 0 Å².